The largest absolute Gasteiger partial charge is 0.417 e. The Kier molecular flexibility index (Phi) is 17.4. The zero-order valence-corrected chi connectivity index (χ0v) is 43.8. The molecule has 2 aromatic heterocycles. The highest BCUT2D eigenvalue weighted by Crippen LogP contribution is 2.46. The Labute approximate surface area is 439 Å². The molecule has 4 aliphatic carbocycles. The quantitative estimate of drug-likeness (QED) is 0.0867. The summed E-state index contributed by atoms with van der Waals surface area (Å²) < 4.78 is 53.8. The van der Waals surface area contributed by atoms with Crippen molar-refractivity contribution in [3.8, 4) is 0 Å². The molecule has 9 rings (SSSR count). The maximum Gasteiger partial charge on any atom is 0.417 e. The first-order valence-corrected chi connectivity index (χ1v) is 27.5. The van der Waals surface area contributed by atoms with Crippen molar-refractivity contribution in [3.63, 3.8) is 0 Å². The topological polar surface area (TPSA) is 184 Å². The van der Waals surface area contributed by atoms with Crippen molar-refractivity contribution in [1.29, 1.82) is 0 Å². The van der Waals surface area contributed by atoms with Gasteiger partial charge in [-0.1, -0.05) is 28.1 Å². The first-order valence-electron chi connectivity index (χ1n) is 26.7. The van der Waals surface area contributed by atoms with Crippen molar-refractivity contribution in [2.75, 3.05) is 53.1 Å². The summed E-state index contributed by atoms with van der Waals surface area (Å²) in [6.07, 6.45) is 9.93. The Bertz CT molecular complexity index is 2490. The zero-order chi connectivity index (χ0) is 52.0. The Morgan fingerprint density at radius 1 is 0.878 bits per heavy atom. The van der Waals surface area contributed by atoms with Gasteiger partial charge in [-0.15, -0.1) is 0 Å². The van der Waals surface area contributed by atoms with Gasteiger partial charge >= 0.3 is 6.18 Å². The molecule has 5 amide bonds. The van der Waals surface area contributed by atoms with Crippen molar-refractivity contribution in [1.82, 2.24) is 41.0 Å². The molecule has 0 spiro atoms. The van der Waals surface area contributed by atoms with Gasteiger partial charge in [0.15, 0.2) is 0 Å². The predicted octanol–water partition coefficient (Wildman–Crippen LogP) is 6.93. The van der Waals surface area contributed by atoms with Crippen LogP contribution in [0.15, 0.2) is 59.5 Å². The third-order valence-corrected chi connectivity index (χ3v) is 17.2. The molecule has 5 atom stereocenters. The second-order valence-corrected chi connectivity index (χ2v) is 22.6. The summed E-state index contributed by atoms with van der Waals surface area (Å²) in [5, 5.41) is 12.9. The molecule has 4 heterocycles. The van der Waals surface area contributed by atoms with Gasteiger partial charge in [-0.2, -0.15) is 13.2 Å². The van der Waals surface area contributed by atoms with Crippen LogP contribution in [0.4, 0.5) is 13.2 Å². The standard InChI is InChI=1S/C55H70BrF3N8O7/c1-66-49(69)27-45(50(66)37-3-2-17-60-29-37)52(71)62-19-22-74-33-35-6-4-34(5-7-35)32-73-21-14-48(68)65-43-25-38(26-43)51(70)61-18-16-54(15-12-42(28-54)64-47-11-8-36-24-41(56)9-10-44(36)47)53(72)67-20-13-46-39(31-67)23-40(30-63-46)55(57,58)59/h2-3,9-10,17,23-24,29-30,34-35,38,42-43,45,47,50,64H,4-8,11-16,18-22,25-28,31-33H2,1H3,(H,61,70)(H,62,71)(H,65,68)/t34?,35?,38?,42-,43?,45+,47-,50-,54-/m1/s1. The second kappa shape index (κ2) is 23.9. The highest BCUT2D eigenvalue weighted by Gasteiger charge is 2.49. The van der Waals surface area contributed by atoms with Crippen molar-refractivity contribution in [2.24, 2.45) is 29.1 Å². The molecule has 4 fully saturated rings. The number of likely N-dealkylation sites (tertiary alicyclic amines) is 1. The van der Waals surface area contributed by atoms with Crippen molar-refractivity contribution < 1.29 is 46.6 Å². The molecule has 0 unspecified atom stereocenters. The van der Waals surface area contributed by atoms with Gasteiger partial charge in [0.1, 0.15) is 0 Å². The van der Waals surface area contributed by atoms with Gasteiger partial charge in [0.25, 0.3) is 0 Å². The van der Waals surface area contributed by atoms with Crippen LogP contribution < -0.4 is 21.3 Å². The lowest BCUT2D eigenvalue weighted by molar-refractivity contribution is -0.144. The van der Waals surface area contributed by atoms with Gasteiger partial charge in [0.05, 0.1) is 36.2 Å². The van der Waals surface area contributed by atoms with E-state index in [9.17, 15) is 37.1 Å². The number of nitrogens with one attached hydrogen (secondary N) is 4. The Hall–Kier alpha value is -4.98. The van der Waals surface area contributed by atoms with E-state index >= 15 is 0 Å². The van der Waals surface area contributed by atoms with Crippen LogP contribution >= 0.6 is 15.9 Å². The number of aryl methyl sites for hydroxylation is 1. The van der Waals surface area contributed by atoms with E-state index in [2.05, 4.69) is 65.4 Å². The number of pyridine rings is 2. The number of carbonyl (C=O) groups excluding carboxylic acids is 5. The van der Waals surface area contributed by atoms with Gasteiger partial charge in [-0.05, 0) is 135 Å². The van der Waals surface area contributed by atoms with Gasteiger partial charge in [0, 0.05) is 119 Å². The summed E-state index contributed by atoms with van der Waals surface area (Å²) in [7, 11) is 1.72. The summed E-state index contributed by atoms with van der Waals surface area (Å²) in [6, 6.07) is 11.0. The molecule has 6 aliphatic rings. The summed E-state index contributed by atoms with van der Waals surface area (Å²) in [5.74, 6) is -0.364. The van der Waals surface area contributed by atoms with Crippen LogP contribution in [0, 0.1) is 29.1 Å². The number of aromatic nitrogens is 2. The lowest BCUT2D eigenvalue weighted by atomic mass is 9.78. The Balaban J connectivity index is 0.651. The van der Waals surface area contributed by atoms with E-state index in [0.29, 0.717) is 108 Å². The number of ether oxygens (including phenoxy) is 2. The van der Waals surface area contributed by atoms with Crippen LogP contribution in [0.2, 0.25) is 0 Å². The monoisotopic (exact) mass is 1090 g/mol. The van der Waals surface area contributed by atoms with Crippen LogP contribution in [0.3, 0.4) is 0 Å². The molecular formula is C55H70BrF3N8O7. The summed E-state index contributed by atoms with van der Waals surface area (Å²) in [6.45, 7) is 3.05. The molecule has 74 heavy (non-hydrogen) atoms. The SMILES string of the molecule is CN1C(=O)C[C@H](C(=O)NCCOCC2CCC(COCCC(=O)NC3CC(C(=O)NCC[C@]4(C(=O)N5CCc6ncc(C(F)(F)F)cc6C5)CC[C@@H](N[C@@H]5CCc6cc(Br)ccc65)C4)C3)CC2)[C@H]1c1cccnc1. The lowest BCUT2D eigenvalue weighted by Crippen LogP contribution is -2.50. The number of hydrogen-bond donors (Lipinski definition) is 4. The molecule has 400 valence electrons. The van der Waals surface area contributed by atoms with Crippen LogP contribution in [0.5, 0.6) is 0 Å². The molecule has 1 aromatic carbocycles. The van der Waals surface area contributed by atoms with Crippen molar-refractivity contribution >= 4 is 45.5 Å². The highest BCUT2D eigenvalue weighted by molar-refractivity contribution is 9.10. The van der Waals surface area contributed by atoms with Crippen molar-refractivity contribution in [2.45, 2.75) is 133 Å². The fourth-order valence-corrected chi connectivity index (χ4v) is 12.9. The Morgan fingerprint density at radius 3 is 2.38 bits per heavy atom. The maximum atomic E-state index is 14.6. The molecule has 1 saturated heterocycles. The van der Waals surface area contributed by atoms with E-state index < -0.39 is 23.1 Å². The number of carbonyl (C=O) groups is 5. The normalized spacial score (nSPS) is 27.6. The number of benzene rings is 1. The van der Waals surface area contributed by atoms with Gasteiger partial charge in [0.2, 0.25) is 29.5 Å². The molecule has 15 nitrogen and oxygen atoms in total. The van der Waals surface area contributed by atoms with Gasteiger partial charge in [-0.25, -0.2) is 0 Å². The lowest BCUT2D eigenvalue weighted by Gasteiger charge is -2.38. The van der Waals surface area contributed by atoms with E-state index in [-0.39, 0.29) is 79.0 Å². The zero-order valence-electron chi connectivity index (χ0n) is 42.2. The molecule has 2 aliphatic heterocycles. The number of fused-ring (bicyclic) bond motifs is 2. The molecule has 4 N–H and O–H groups in total. The molecule has 3 aromatic rings. The highest BCUT2D eigenvalue weighted by atomic mass is 79.9. The minimum Gasteiger partial charge on any atom is -0.381 e. The van der Waals surface area contributed by atoms with Crippen LogP contribution in [-0.2, 0) is 59.0 Å². The Morgan fingerprint density at radius 2 is 1.64 bits per heavy atom. The first kappa shape index (κ1) is 53.8. The second-order valence-electron chi connectivity index (χ2n) is 21.7. The number of hydrogen-bond acceptors (Lipinski definition) is 10. The summed E-state index contributed by atoms with van der Waals surface area (Å²) in [4.78, 5) is 77.9. The van der Waals surface area contributed by atoms with Crippen LogP contribution in [0.25, 0.3) is 0 Å². The summed E-state index contributed by atoms with van der Waals surface area (Å²) >= 11 is 3.58. The fraction of sp³-hybridized carbons (Fsp3) is 0.618. The first-order chi connectivity index (χ1) is 35.6. The van der Waals surface area contributed by atoms with Gasteiger partial charge in [-0.3, -0.25) is 33.9 Å². The van der Waals surface area contributed by atoms with E-state index in [1.807, 2.05) is 12.1 Å². The minimum atomic E-state index is -4.53. The van der Waals surface area contributed by atoms with E-state index in [0.717, 1.165) is 67.2 Å². The number of alkyl halides is 3. The summed E-state index contributed by atoms with van der Waals surface area (Å²) in [5.41, 5.74) is 2.81. The predicted molar refractivity (Wildman–Crippen MR) is 272 cm³/mol. The number of rotatable bonds is 20. The van der Waals surface area contributed by atoms with Gasteiger partial charge < -0.3 is 40.5 Å². The molecule has 0 radical (unpaired) electrons. The fourth-order valence-electron chi connectivity index (χ4n) is 12.5. The number of halogens is 4. The molecule has 3 saturated carbocycles. The third-order valence-electron chi connectivity index (χ3n) is 16.8. The van der Waals surface area contributed by atoms with Crippen LogP contribution in [0.1, 0.15) is 129 Å². The minimum absolute atomic E-state index is 0.0606. The molecule has 19 heteroatoms. The average molecular weight is 1090 g/mol. The average Bonchev–Trinajstić information content (AvgIpc) is 4.07. The third kappa shape index (κ3) is 13.0. The molecule has 0 bridgehead atoms. The van der Waals surface area contributed by atoms with E-state index in [1.54, 1.807) is 29.2 Å². The maximum absolute atomic E-state index is 14.6. The number of amides is 5. The number of nitrogens with zero attached hydrogens (tertiary/aromatic N) is 4. The molecular weight excluding hydrogens is 1020 g/mol. The van der Waals surface area contributed by atoms with E-state index in [1.165, 1.54) is 11.1 Å². The smallest absolute Gasteiger partial charge is 0.381 e. The van der Waals surface area contributed by atoms with Crippen molar-refractivity contribution in [3.05, 3.63) is 93.0 Å². The van der Waals surface area contributed by atoms with E-state index in [4.69, 9.17) is 9.47 Å². The van der Waals surface area contributed by atoms with Crippen LogP contribution in [-0.4, -0.2) is 114 Å².